The normalized spacial score (nSPS) is 15.5. The molecule has 0 fully saturated rings. The molecule has 3 rings (SSSR count). The van der Waals surface area contributed by atoms with E-state index in [-0.39, 0.29) is 0 Å². The molecule has 1 N–H and O–H groups in total. The van der Waals surface area contributed by atoms with Crippen LogP contribution in [-0.2, 0) is 26.7 Å². The molecular formula is C9H13N7O. The maximum absolute atomic E-state index is 9.47. The Hall–Kier alpha value is -1.80. The standard InChI is InChI=1S/C9H13N7O/c1-3-16-7-5-15(17)4-6(7)10-8(16)9-11-12-13-14(9)2/h17H,3-5H2,1-2H3. The van der Waals surface area contributed by atoms with Crippen molar-refractivity contribution in [2.45, 2.75) is 26.6 Å². The summed E-state index contributed by atoms with van der Waals surface area (Å²) in [7, 11) is 1.79. The van der Waals surface area contributed by atoms with Crippen molar-refractivity contribution in [1.82, 2.24) is 34.8 Å². The smallest absolute Gasteiger partial charge is 0.217 e. The molecule has 2 aromatic heterocycles. The second kappa shape index (κ2) is 3.60. The van der Waals surface area contributed by atoms with E-state index in [0.29, 0.717) is 18.9 Å². The summed E-state index contributed by atoms with van der Waals surface area (Å²) in [6.07, 6.45) is 0. The van der Waals surface area contributed by atoms with E-state index in [1.165, 1.54) is 5.06 Å². The lowest BCUT2D eigenvalue weighted by Crippen LogP contribution is -2.13. The topological polar surface area (TPSA) is 84.9 Å². The second-order valence-corrected chi connectivity index (χ2v) is 4.02. The van der Waals surface area contributed by atoms with Gasteiger partial charge in [-0.05, 0) is 17.4 Å². The monoisotopic (exact) mass is 235 g/mol. The zero-order valence-corrected chi connectivity index (χ0v) is 9.70. The molecule has 1 aliphatic heterocycles. The lowest BCUT2D eigenvalue weighted by atomic mass is 10.4. The van der Waals surface area contributed by atoms with Gasteiger partial charge < -0.3 is 9.77 Å². The predicted octanol–water partition coefficient (Wildman–Crippen LogP) is -0.202. The van der Waals surface area contributed by atoms with Crippen molar-refractivity contribution in [3.05, 3.63) is 11.4 Å². The Morgan fingerprint density at radius 3 is 2.76 bits per heavy atom. The van der Waals surface area contributed by atoms with E-state index >= 15 is 0 Å². The van der Waals surface area contributed by atoms with Gasteiger partial charge in [0.15, 0.2) is 5.82 Å². The minimum absolute atomic E-state index is 0.459. The number of rotatable bonds is 2. The largest absolute Gasteiger partial charge is 0.324 e. The number of nitrogens with zero attached hydrogens (tertiary/aromatic N) is 7. The van der Waals surface area contributed by atoms with E-state index in [2.05, 4.69) is 20.5 Å². The molecule has 0 spiro atoms. The number of aromatic nitrogens is 6. The zero-order valence-electron chi connectivity index (χ0n) is 9.70. The van der Waals surface area contributed by atoms with Gasteiger partial charge in [0.1, 0.15) is 0 Å². The first-order valence-electron chi connectivity index (χ1n) is 5.45. The highest BCUT2D eigenvalue weighted by atomic mass is 16.5. The molecule has 0 aromatic carbocycles. The summed E-state index contributed by atoms with van der Waals surface area (Å²) in [6.45, 7) is 3.77. The van der Waals surface area contributed by atoms with Crippen molar-refractivity contribution in [3.63, 3.8) is 0 Å². The molecular weight excluding hydrogens is 222 g/mol. The van der Waals surface area contributed by atoms with Crippen LogP contribution in [0.3, 0.4) is 0 Å². The molecule has 0 saturated carbocycles. The average Bonchev–Trinajstić information content (AvgIpc) is 2.91. The Morgan fingerprint density at radius 1 is 1.29 bits per heavy atom. The van der Waals surface area contributed by atoms with E-state index in [4.69, 9.17) is 0 Å². The van der Waals surface area contributed by atoms with Crippen molar-refractivity contribution in [3.8, 4) is 11.6 Å². The molecule has 0 aliphatic carbocycles. The highest BCUT2D eigenvalue weighted by Gasteiger charge is 2.27. The van der Waals surface area contributed by atoms with Crippen LogP contribution in [0.4, 0.5) is 0 Å². The molecule has 3 heterocycles. The third-order valence-corrected chi connectivity index (χ3v) is 2.96. The maximum atomic E-state index is 9.47. The fourth-order valence-electron chi connectivity index (χ4n) is 2.17. The van der Waals surface area contributed by atoms with Crippen LogP contribution in [0.15, 0.2) is 0 Å². The van der Waals surface area contributed by atoms with Gasteiger partial charge in [0, 0.05) is 13.6 Å². The van der Waals surface area contributed by atoms with Crippen molar-refractivity contribution < 1.29 is 5.21 Å². The molecule has 0 unspecified atom stereocenters. The molecule has 2 aromatic rings. The van der Waals surface area contributed by atoms with Crippen LogP contribution in [0.1, 0.15) is 18.3 Å². The van der Waals surface area contributed by atoms with Gasteiger partial charge in [-0.1, -0.05) is 0 Å². The fraction of sp³-hybridized carbons (Fsp3) is 0.556. The highest BCUT2D eigenvalue weighted by molar-refractivity contribution is 5.46. The van der Waals surface area contributed by atoms with Crippen molar-refractivity contribution in [1.29, 1.82) is 0 Å². The molecule has 0 amide bonds. The second-order valence-electron chi connectivity index (χ2n) is 4.02. The first-order valence-corrected chi connectivity index (χ1v) is 5.45. The molecule has 1 aliphatic rings. The number of aryl methyl sites for hydroxylation is 1. The van der Waals surface area contributed by atoms with Crippen LogP contribution in [-0.4, -0.2) is 40.0 Å². The summed E-state index contributed by atoms with van der Waals surface area (Å²) in [5.41, 5.74) is 1.93. The van der Waals surface area contributed by atoms with Gasteiger partial charge in [-0.2, -0.15) is 5.06 Å². The quantitative estimate of drug-likeness (QED) is 0.775. The zero-order chi connectivity index (χ0) is 12.0. The number of hydroxylamine groups is 2. The number of imidazole rings is 1. The maximum Gasteiger partial charge on any atom is 0.217 e. The van der Waals surface area contributed by atoms with Gasteiger partial charge in [-0.3, -0.25) is 0 Å². The summed E-state index contributed by atoms with van der Waals surface area (Å²) in [5, 5.41) is 22.1. The number of hydrogen-bond donors (Lipinski definition) is 1. The van der Waals surface area contributed by atoms with Crippen molar-refractivity contribution >= 4 is 0 Å². The molecule has 0 bridgehead atoms. The minimum atomic E-state index is 0.459. The summed E-state index contributed by atoms with van der Waals surface area (Å²) < 4.78 is 3.64. The van der Waals surface area contributed by atoms with Gasteiger partial charge in [-0.15, -0.1) is 5.10 Å². The summed E-state index contributed by atoms with van der Waals surface area (Å²) in [6, 6.07) is 0. The van der Waals surface area contributed by atoms with E-state index in [0.717, 1.165) is 23.8 Å². The van der Waals surface area contributed by atoms with E-state index in [1.807, 2.05) is 11.5 Å². The van der Waals surface area contributed by atoms with Crippen LogP contribution in [0.5, 0.6) is 0 Å². The van der Waals surface area contributed by atoms with Crippen molar-refractivity contribution in [2.24, 2.45) is 7.05 Å². The molecule has 0 atom stereocenters. The Bertz CT molecular complexity index is 558. The SMILES string of the molecule is CCn1c(-c2nnnn2C)nc2c1CN(O)C2. The van der Waals surface area contributed by atoms with Crippen LogP contribution in [0, 0.1) is 0 Å². The highest BCUT2D eigenvalue weighted by Crippen LogP contribution is 2.26. The number of hydrogen-bond acceptors (Lipinski definition) is 6. The molecule has 0 radical (unpaired) electrons. The summed E-state index contributed by atoms with van der Waals surface area (Å²) >= 11 is 0. The summed E-state index contributed by atoms with van der Waals surface area (Å²) in [5.74, 6) is 1.41. The van der Waals surface area contributed by atoms with E-state index < -0.39 is 0 Å². The minimum Gasteiger partial charge on any atom is -0.324 e. The molecule has 8 heteroatoms. The van der Waals surface area contributed by atoms with Gasteiger partial charge in [0.2, 0.25) is 5.82 Å². The third-order valence-electron chi connectivity index (χ3n) is 2.96. The van der Waals surface area contributed by atoms with Gasteiger partial charge in [0.25, 0.3) is 0 Å². The number of fused-ring (bicyclic) bond motifs is 1. The molecule has 8 nitrogen and oxygen atoms in total. The van der Waals surface area contributed by atoms with E-state index in [1.54, 1.807) is 11.7 Å². The lowest BCUT2D eigenvalue weighted by molar-refractivity contribution is -0.0985. The Morgan fingerprint density at radius 2 is 2.12 bits per heavy atom. The third kappa shape index (κ3) is 1.45. The molecule has 90 valence electrons. The first-order chi connectivity index (χ1) is 8.20. The van der Waals surface area contributed by atoms with Crippen LogP contribution >= 0.6 is 0 Å². The van der Waals surface area contributed by atoms with Gasteiger partial charge in [-0.25, -0.2) is 9.67 Å². The molecule has 0 saturated heterocycles. The number of tetrazole rings is 1. The lowest BCUT2D eigenvalue weighted by Gasteiger charge is -2.09. The van der Waals surface area contributed by atoms with Crippen molar-refractivity contribution in [2.75, 3.05) is 0 Å². The first kappa shape index (κ1) is 10.4. The van der Waals surface area contributed by atoms with Crippen LogP contribution in [0.25, 0.3) is 11.6 Å². The van der Waals surface area contributed by atoms with Gasteiger partial charge in [0.05, 0.1) is 24.5 Å². The predicted molar refractivity (Wildman–Crippen MR) is 56.7 cm³/mol. The Labute approximate surface area is 97.4 Å². The molecule has 17 heavy (non-hydrogen) atoms. The fourth-order valence-corrected chi connectivity index (χ4v) is 2.17. The average molecular weight is 235 g/mol. The Kier molecular flexibility index (Phi) is 2.20. The Balaban J connectivity index is 2.14. The van der Waals surface area contributed by atoms with Crippen LogP contribution < -0.4 is 0 Å². The van der Waals surface area contributed by atoms with Crippen LogP contribution in [0.2, 0.25) is 0 Å². The van der Waals surface area contributed by atoms with Gasteiger partial charge >= 0.3 is 0 Å². The van der Waals surface area contributed by atoms with E-state index in [9.17, 15) is 5.21 Å². The summed E-state index contributed by atoms with van der Waals surface area (Å²) in [4.78, 5) is 4.51.